The number of rotatable bonds is 6. The van der Waals surface area contributed by atoms with Crippen molar-refractivity contribution in [2.24, 2.45) is 0 Å². The zero-order chi connectivity index (χ0) is 24.9. The lowest BCUT2D eigenvalue weighted by molar-refractivity contribution is 0.0972. The molecule has 1 aromatic heterocycles. The Balaban J connectivity index is 1.53. The van der Waals surface area contributed by atoms with Crippen LogP contribution in [0.3, 0.4) is 0 Å². The van der Waals surface area contributed by atoms with E-state index in [9.17, 15) is 9.59 Å². The second-order valence-corrected chi connectivity index (χ2v) is 8.45. The quantitative estimate of drug-likeness (QED) is 0.267. The van der Waals surface area contributed by atoms with Gasteiger partial charge in [0.2, 0.25) is 0 Å². The minimum Gasteiger partial charge on any atom is -0.495 e. The van der Waals surface area contributed by atoms with E-state index in [2.05, 4.69) is 31.9 Å². The van der Waals surface area contributed by atoms with Gasteiger partial charge in [-0.2, -0.15) is 0 Å². The molecule has 4 rings (SSSR count). The number of thiocarbonyl (C=S) groups is 1. The first kappa shape index (κ1) is 24.2. The average molecular weight is 554 g/mol. The summed E-state index contributed by atoms with van der Waals surface area (Å²) in [6.07, 6.45) is 1.42. The molecule has 0 bridgehead atoms. The lowest BCUT2D eigenvalue weighted by Gasteiger charge is -2.16. The van der Waals surface area contributed by atoms with Gasteiger partial charge in [-0.05, 0) is 75.3 Å². The van der Waals surface area contributed by atoms with Crippen molar-refractivity contribution in [3.63, 3.8) is 0 Å². The molecule has 0 spiro atoms. The zero-order valence-corrected chi connectivity index (χ0v) is 21.1. The highest BCUT2D eigenvalue weighted by Crippen LogP contribution is 2.36. The van der Waals surface area contributed by atoms with E-state index in [-0.39, 0.29) is 10.9 Å². The number of nitrogens with one attached hydrogen (secondary N) is 3. The summed E-state index contributed by atoms with van der Waals surface area (Å²) in [6, 6.07) is 17.5. The first-order chi connectivity index (χ1) is 16.9. The first-order valence-corrected chi connectivity index (χ1v) is 11.5. The van der Waals surface area contributed by atoms with Gasteiger partial charge >= 0.3 is 0 Å². The highest BCUT2D eigenvalue weighted by atomic mass is 79.9. The Bertz CT molecular complexity index is 1420. The van der Waals surface area contributed by atoms with Gasteiger partial charge in [0.1, 0.15) is 11.5 Å². The van der Waals surface area contributed by atoms with E-state index in [1.807, 2.05) is 24.3 Å². The zero-order valence-electron chi connectivity index (χ0n) is 18.7. The number of furan rings is 1. The molecule has 0 radical (unpaired) electrons. The fourth-order valence-electron chi connectivity index (χ4n) is 3.46. The fourth-order valence-corrected chi connectivity index (χ4v) is 4.40. The van der Waals surface area contributed by atoms with E-state index in [4.69, 9.17) is 26.1 Å². The predicted octanol–water partition coefficient (Wildman–Crippen LogP) is 5.59. The van der Waals surface area contributed by atoms with Gasteiger partial charge in [0.05, 0.1) is 36.2 Å². The molecule has 3 aromatic carbocycles. The summed E-state index contributed by atoms with van der Waals surface area (Å²) in [5.41, 5.74) is 1.24. The summed E-state index contributed by atoms with van der Waals surface area (Å²) in [5, 5.41) is 10.2. The largest absolute Gasteiger partial charge is 0.495 e. The van der Waals surface area contributed by atoms with E-state index < -0.39 is 11.8 Å². The van der Waals surface area contributed by atoms with E-state index in [1.54, 1.807) is 36.4 Å². The van der Waals surface area contributed by atoms with Crippen LogP contribution in [0, 0.1) is 0 Å². The van der Waals surface area contributed by atoms with Crippen molar-refractivity contribution in [3.05, 3.63) is 82.7 Å². The van der Waals surface area contributed by atoms with Crippen LogP contribution in [0.2, 0.25) is 0 Å². The van der Waals surface area contributed by atoms with Crippen LogP contribution in [0.4, 0.5) is 11.4 Å². The van der Waals surface area contributed by atoms with Crippen LogP contribution in [0.25, 0.3) is 10.8 Å². The number of hydrogen-bond donors (Lipinski definition) is 3. The highest BCUT2D eigenvalue weighted by molar-refractivity contribution is 9.10. The molecule has 4 aromatic rings. The van der Waals surface area contributed by atoms with Crippen LogP contribution in [-0.4, -0.2) is 31.1 Å². The number of amides is 2. The van der Waals surface area contributed by atoms with E-state index in [1.165, 1.54) is 20.5 Å². The number of methoxy groups -OCH3 is 2. The topological polar surface area (TPSA) is 102 Å². The molecule has 0 aliphatic heterocycles. The Morgan fingerprint density at radius 1 is 0.943 bits per heavy atom. The molecule has 2 amide bonds. The summed E-state index contributed by atoms with van der Waals surface area (Å²) in [7, 11) is 3.00. The smallest absolute Gasteiger partial charge is 0.291 e. The Morgan fingerprint density at radius 2 is 1.74 bits per heavy atom. The Labute approximate surface area is 214 Å². The van der Waals surface area contributed by atoms with Crippen molar-refractivity contribution >= 4 is 67.2 Å². The van der Waals surface area contributed by atoms with Gasteiger partial charge in [-0.3, -0.25) is 14.9 Å². The molecule has 0 atom stereocenters. The second kappa shape index (κ2) is 10.6. The first-order valence-electron chi connectivity index (χ1n) is 10.3. The van der Waals surface area contributed by atoms with Crippen LogP contribution in [-0.2, 0) is 0 Å². The predicted molar refractivity (Wildman–Crippen MR) is 142 cm³/mol. The molecule has 10 heteroatoms. The molecular formula is C25H20BrN3O5S. The lowest BCUT2D eigenvalue weighted by atomic mass is 10.1. The van der Waals surface area contributed by atoms with Crippen molar-refractivity contribution < 1.29 is 23.5 Å². The molecule has 3 N–H and O–H groups in total. The van der Waals surface area contributed by atoms with E-state index in [0.29, 0.717) is 32.9 Å². The van der Waals surface area contributed by atoms with Crippen LogP contribution in [0.1, 0.15) is 20.9 Å². The Hall–Kier alpha value is -3.89. The molecule has 0 aliphatic carbocycles. The number of carbonyl (C=O) groups excluding carboxylic acids is 2. The van der Waals surface area contributed by atoms with Crippen molar-refractivity contribution in [3.8, 4) is 11.5 Å². The molecule has 35 heavy (non-hydrogen) atoms. The molecule has 0 unspecified atom stereocenters. The van der Waals surface area contributed by atoms with Gasteiger partial charge in [0.15, 0.2) is 10.9 Å². The molecule has 0 saturated carbocycles. The summed E-state index contributed by atoms with van der Waals surface area (Å²) in [5.74, 6) is 0.171. The number of carbonyl (C=O) groups is 2. The molecule has 0 fully saturated rings. The summed E-state index contributed by atoms with van der Waals surface area (Å²) < 4.78 is 16.6. The van der Waals surface area contributed by atoms with Gasteiger partial charge in [-0.15, -0.1) is 0 Å². The normalized spacial score (nSPS) is 10.5. The summed E-state index contributed by atoms with van der Waals surface area (Å²) in [4.78, 5) is 25.4. The van der Waals surface area contributed by atoms with Crippen LogP contribution < -0.4 is 25.4 Å². The maximum Gasteiger partial charge on any atom is 0.291 e. The van der Waals surface area contributed by atoms with Crippen LogP contribution in [0.5, 0.6) is 11.5 Å². The number of fused-ring (bicyclic) bond motifs is 1. The summed E-state index contributed by atoms with van der Waals surface area (Å²) >= 11 is 8.90. The van der Waals surface area contributed by atoms with E-state index >= 15 is 0 Å². The molecular weight excluding hydrogens is 534 g/mol. The second-order valence-electron chi connectivity index (χ2n) is 7.25. The minimum atomic E-state index is -0.452. The molecule has 0 aliphatic rings. The van der Waals surface area contributed by atoms with E-state index in [0.717, 1.165) is 10.8 Å². The maximum absolute atomic E-state index is 13.1. The van der Waals surface area contributed by atoms with Crippen LogP contribution in [0.15, 0.2) is 75.8 Å². The fraction of sp³-hybridized carbons (Fsp3) is 0.0800. The van der Waals surface area contributed by atoms with Gasteiger partial charge in [-0.25, -0.2) is 0 Å². The number of anilines is 2. The Morgan fingerprint density at radius 3 is 2.46 bits per heavy atom. The van der Waals surface area contributed by atoms with Crippen LogP contribution >= 0.6 is 28.1 Å². The standard InChI is InChI=1S/C25H20BrN3O5S/c1-32-19-10-9-15(27-24(31)20-8-5-11-34-20)13-18(19)28-25(35)29-23(30)17-12-14-6-3-4-7-16(14)21(26)22(17)33-2/h3-13H,1-2H3,(H,27,31)(H2,28,29,30,35). The van der Waals surface area contributed by atoms with Gasteiger partial charge < -0.3 is 24.5 Å². The number of hydrogen-bond acceptors (Lipinski definition) is 6. The third kappa shape index (κ3) is 5.28. The third-order valence-corrected chi connectivity index (χ3v) is 6.06. The summed E-state index contributed by atoms with van der Waals surface area (Å²) in [6.45, 7) is 0. The molecule has 178 valence electrons. The number of halogens is 1. The number of ether oxygens (including phenoxy) is 2. The van der Waals surface area contributed by atoms with Gasteiger partial charge in [0, 0.05) is 5.69 Å². The average Bonchev–Trinajstić information content (AvgIpc) is 3.39. The Kier molecular flexibility index (Phi) is 7.33. The lowest BCUT2D eigenvalue weighted by Crippen LogP contribution is -2.34. The van der Waals surface area contributed by atoms with Gasteiger partial charge in [-0.1, -0.05) is 24.3 Å². The minimum absolute atomic E-state index is 0.0362. The van der Waals surface area contributed by atoms with Crippen molar-refractivity contribution in [1.29, 1.82) is 0 Å². The van der Waals surface area contributed by atoms with Crippen molar-refractivity contribution in [2.75, 3.05) is 24.9 Å². The third-order valence-electron chi connectivity index (χ3n) is 5.07. The number of benzene rings is 3. The van der Waals surface area contributed by atoms with Crippen molar-refractivity contribution in [2.45, 2.75) is 0 Å². The SMILES string of the molecule is COc1ccc(NC(=O)c2ccco2)cc1NC(=S)NC(=O)c1cc2ccccc2c(Br)c1OC. The monoisotopic (exact) mass is 553 g/mol. The molecule has 8 nitrogen and oxygen atoms in total. The molecule has 1 heterocycles. The molecule has 0 saturated heterocycles. The van der Waals surface area contributed by atoms with Gasteiger partial charge in [0.25, 0.3) is 11.8 Å². The highest BCUT2D eigenvalue weighted by Gasteiger charge is 2.19. The maximum atomic E-state index is 13.1. The van der Waals surface area contributed by atoms with Crippen molar-refractivity contribution in [1.82, 2.24) is 5.32 Å².